The van der Waals surface area contributed by atoms with Gasteiger partial charge in [-0.1, -0.05) is 77.9 Å². The highest BCUT2D eigenvalue weighted by atomic mass is 32.2. The molecule has 0 aromatic heterocycles. The van der Waals surface area contributed by atoms with Crippen molar-refractivity contribution in [2.24, 2.45) is 0 Å². The van der Waals surface area contributed by atoms with Gasteiger partial charge in [-0.15, -0.1) is 0 Å². The van der Waals surface area contributed by atoms with Crippen LogP contribution in [0.1, 0.15) is 16.7 Å². The van der Waals surface area contributed by atoms with Crippen molar-refractivity contribution in [3.05, 3.63) is 102 Å². The topological polar surface area (TPSA) is 63.2 Å². The van der Waals surface area contributed by atoms with Gasteiger partial charge in [0.25, 0.3) is 0 Å². The van der Waals surface area contributed by atoms with Crippen LogP contribution in [-0.4, -0.2) is 24.4 Å². The van der Waals surface area contributed by atoms with Crippen LogP contribution in [0.15, 0.2) is 94.7 Å². The molecule has 0 amide bonds. The van der Waals surface area contributed by atoms with Crippen molar-refractivity contribution in [3.63, 3.8) is 0 Å². The molecule has 0 aliphatic carbocycles. The zero-order chi connectivity index (χ0) is 21.6. The van der Waals surface area contributed by atoms with Crippen molar-refractivity contribution < 1.29 is 12.6 Å². The van der Waals surface area contributed by atoms with Crippen molar-refractivity contribution >= 4 is 26.9 Å². The van der Waals surface area contributed by atoms with Gasteiger partial charge in [0.2, 0.25) is 10.0 Å². The Morgan fingerprint density at radius 3 is 2.03 bits per heavy atom. The Balaban J connectivity index is 1.84. The first kappa shape index (κ1) is 22.2. The Kier molecular flexibility index (Phi) is 7.37. The highest BCUT2D eigenvalue weighted by molar-refractivity contribution is 7.89. The van der Waals surface area contributed by atoms with Crippen molar-refractivity contribution in [1.82, 2.24) is 4.72 Å². The Labute approximate surface area is 181 Å². The van der Waals surface area contributed by atoms with Gasteiger partial charge in [-0.05, 0) is 43.7 Å². The average molecular weight is 440 g/mol. The van der Waals surface area contributed by atoms with Crippen LogP contribution < -0.4 is 4.72 Å². The van der Waals surface area contributed by atoms with E-state index in [1.807, 2.05) is 74.5 Å². The van der Waals surface area contributed by atoms with Crippen LogP contribution in [0.5, 0.6) is 0 Å². The van der Waals surface area contributed by atoms with Crippen LogP contribution in [0, 0.1) is 13.8 Å². The van der Waals surface area contributed by atoms with Crippen molar-refractivity contribution in [2.75, 3.05) is 5.75 Å². The highest BCUT2D eigenvalue weighted by Gasteiger charge is 2.21. The third-order valence-corrected chi connectivity index (χ3v) is 7.54. The fraction of sp³-hybridized carbons (Fsp3) is 0.167. The molecule has 3 aromatic carbocycles. The summed E-state index contributed by atoms with van der Waals surface area (Å²) >= 11 is 0. The first-order valence-corrected chi connectivity index (χ1v) is 12.4. The molecule has 0 radical (unpaired) electrons. The quantitative estimate of drug-likeness (QED) is 0.563. The maximum absolute atomic E-state index is 12.9. The molecule has 1 N–H and O–H groups in total. The predicted molar refractivity (Wildman–Crippen MR) is 123 cm³/mol. The number of rotatable bonds is 8. The van der Waals surface area contributed by atoms with E-state index in [4.69, 9.17) is 0 Å². The minimum atomic E-state index is -3.75. The second-order valence-electron chi connectivity index (χ2n) is 7.14. The van der Waals surface area contributed by atoms with Gasteiger partial charge in [0.1, 0.15) is 0 Å². The van der Waals surface area contributed by atoms with E-state index >= 15 is 0 Å². The SMILES string of the molecule is Cc1ccc([S@](=O)C[C@@H](/C=C/c2ccccc2)NS(=O)(=O)c2ccc(C)cc2)cc1. The lowest BCUT2D eigenvalue weighted by atomic mass is 10.2. The summed E-state index contributed by atoms with van der Waals surface area (Å²) in [5.74, 6) is 0.136. The Hall–Kier alpha value is -2.54. The van der Waals surface area contributed by atoms with Crippen LogP contribution in [-0.2, 0) is 20.8 Å². The lowest BCUT2D eigenvalue weighted by Gasteiger charge is -2.16. The van der Waals surface area contributed by atoms with Gasteiger partial charge in [0.05, 0.1) is 21.7 Å². The molecule has 156 valence electrons. The largest absolute Gasteiger partial charge is 0.254 e. The van der Waals surface area contributed by atoms with E-state index in [-0.39, 0.29) is 10.6 Å². The number of benzene rings is 3. The average Bonchev–Trinajstić information content (AvgIpc) is 2.73. The van der Waals surface area contributed by atoms with Gasteiger partial charge in [-0.3, -0.25) is 4.21 Å². The Morgan fingerprint density at radius 2 is 1.43 bits per heavy atom. The molecule has 3 rings (SSSR count). The molecule has 0 spiro atoms. The van der Waals surface area contributed by atoms with Crippen LogP contribution in [0.2, 0.25) is 0 Å². The van der Waals surface area contributed by atoms with Gasteiger partial charge in [-0.25, -0.2) is 13.1 Å². The molecule has 0 aliphatic heterocycles. The molecular weight excluding hydrogens is 414 g/mol. The summed E-state index contributed by atoms with van der Waals surface area (Å²) in [5.41, 5.74) is 3.00. The van der Waals surface area contributed by atoms with E-state index in [2.05, 4.69) is 4.72 Å². The summed E-state index contributed by atoms with van der Waals surface area (Å²) < 4.78 is 41.4. The van der Waals surface area contributed by atoms with Crippen molar-refractivity contribution in [3.8, 4) is 0 Å². The lowest BCUT2D eigenvalue weighted by molar-refractivity contribution is 0.576. The number of hydrogen-bond acceptors (Lipinski definition) is 3. The zero-order valence-electron chi connectivity index (χ0n) is 17.0. The molecule has 0 saturated carbocycles. The second-order valence-corrected chi connectivity index (χ2v) is 10.3. The normalized spacial score (nSPS) is 13.9. The monoisotopic (exact) mass is 439 g/mol. The second kappa shape index (κ2) is 9.98. The van der Waals surface area contributed by atoms with Crippen LogP contribution in [0.25, 0.3) is 6.08 Å². The fourth-order valence-corrected chi connectivity index (χ4v) is 5.30. The van der Waals surface area contributed by atoms with E-state index in [0.717, 1.165) is 16.7 Å². The van der Waals surface area contributed by atoms with Gasteiger partial charge in [-0.2, -0.15) is 0 Å². The summed E-state index contributed by atoms with van der Waals surface area (Å²) in [5, 5.41) is 0. The summed E-state index contributed by atoms with van der Waals surface area (Å²) in [4.78, 5) is 0.862. The summed E-state index contributed by atoms with van der Waals surface area (Å²) in [6, 6.07) is 23.1. The van der Waals surface area contributed by atoms with E-state index in [1.165, 1.54) is 0 Å². The van der Waals surface area contributed by atoms with Crippen LogP contribution >= 0.6 is 0 Å². The molecule has 0 aliphatic rings. The number of aryl methyl sites for hydroxylation is 2. The molecule has 0 unspecified atom stereocenters. The summed E-state index contributed by atoms with van der Waals surface area (Å²) in [6.45, 7) is 3.87. The van der Waals surface area contributed by atoms with Gasteiger partial charge < -0.3 is 0 Å². The van der Waals surface area contributed by atoms with Crippen molar-refractivity contribution in [2.45, 2.75) is 29.7 Å². The molecule has 3 aromatic rings. The number of sulfonamides is 1. The molecule has 0 bridgehead atoms. The first-order valence-electron chi connectivity index (χ1n) is 9.61. The molecule has 0 saturated heterocycles. The van der Waals surface area contributed by atoms with E-state index in [9.17, 15) is 12.6 Å². The van der Waals surface area contributed by atoms with E-state index < -0.39 is 26.9 Å². The number of nitrogens with one attached hydrogen (secondary N) is 1. The molecule has 0 fully saturated rings. The standard InChI is InChI=1S/C24H25NO3S2/c1-19-8-14-23(15-9-19)29(26)18-22(13-12-21-6-4-3-5-7-21)25-30(27,28)24-16-10-20(2)11-17-24/h3-17,22,25H,18H2,1-2H3/b13-12+/t22-,29-/m1/s1. The van der Waals surface area contributed by atoms with Crippen LogP contribution in [0.3, 0.4) is 0 Å². The number of hydrogen-bond donors (Lipinski definition) is 1. The highest BCUT2D eigenvalue weighted by Crippen LogP contribution is 2.14. The van der Waals surface area contributed by atoms with Crippen molar-refractivity contribution in [1.29, 1.82) is 0 Å². The zero-order valence-corrected chi connectivity index (χ0v) is 18.6. The molecule has 30 heavy (non-hydrogen) atoms. The molecule has 2 atom stereocenters. The molecule has 0 heterocycles. The van der Waals surface area contributed by atoms with Gasteiger partial charge in [0.15, 0.2) is 0 Å². The van der Waals surface area contributed by atoms with E-state index in [1.54, 1.807) is 30.3 Å². The summed E-state index contributed by atoms with van der Waals surface area (Å²) in [6.07, 6.45) is 3.60. The fourth-order valence-electron chi connectivity index (χ4n) is 2.85. The minimum absolute atomic E-state index is 0.136. The third kappa shape index (κ3) is 6.23. The Bertz CT molecular complexity index is 1120. The Morgan fingerprint density at radius 1 is 0.867 bits per heavy atom. The molecular formula is C24H25NO3S2. The van der Waals surface area contributed by atoms with Crippen LogP contribution in [0.4, 0.5) is 0 Å². The summed E-state index contributed by atoms with van der Waals surface area (Å²) in [7, 11) is -5.10. The molecule has 6 heteroatoms. The first-order chi connectivity index (χ1) is 14.3. The minimum Gasteiger partial charge on any atom is -0.254 e. The van der Waals surface area contributed by atoms with Gasteiger partial charge in [0, 0.05) is 10.6 Å². The molecule has 4 nitrogen and oxygen atoms in total. The maximum Gasteiger partial charge on any atom is 0.241 e. The third-order valence-electron chi connectivity index (χ3n) is 4.57. The van der Waals surface area contributed by atoms with Gasteiger partial charge >= 0.3 is 0 Å². The lowest BCUT2D eigenvalue weighted by Crippen LogP contribution is -2.37. The predicted octanol–water partition coefficient (Wildman–Crippen LogP) is 4.47. The smallest absolute Gasteiger partial charge is 0.241 e. The van der Waals surface area contributed by atoms with E-state index in [0.29, 0.717) is 4.90 Å². The maximum atomic E-state index is 12.9.